The van der Waals surface area contributed by atoms with E-state index in [1.165, 1.54) is 0 Å². The van der Waals surface area contributed by atoms with E-state index in [2.05, 4.69) is 5.32 Å². The molecule has 1 fully saturated rings. The Bertz CT molecular complexity index is 734. The number of halogens is 3. The number of anilines is 1. The number of morpholine rings is 1. The second kappa shape index (κ2) is 7.62. The van der Waals surface area contributed by atoms with Crippen LogP contribution >= 0.6 is 34.8 Å². The smallest absolute Gasteiger partial charge is 0.322 e. The van der Waals surface area contributed by atoms with Gasteiger partial charge >= 0.3 is 6.03 Å². The van der Waals surface area contributed by atoms with Gasteiger partial charge in [0, 0.05) is 16.6 Å². The zero-order valence-electron chi connectivity index (χ0n) is 12.6. The number of carbonyl (C=O) groups is 1. The summed E-state index contributed by atoms with van der Waals surface area (Å²) in [5.41, 5.74) is 1.43. The SMILES string of the molecule is O=C(Nc1ccccc1Cl)N1CCO[C@H](c2cc(Cl)cc(Cl)c2)C1. The maximum atomic E-state index is 12.5. The van der Waals surface area contributed by atoms with Gasteiger partial charge in [0.05, 0.1) is 23.9 Å². The molecule has 0 aliphatic carbocycles. The van der Waals surface area contributed by atoms with Crippen LogP contribution in [0.4, 0.5) is 10.5 Å². The van der Waals surface area contributed by atoms with Gasteiger partial charge in [-0.3, -0.25) is 0 Å². The lowest BCUT2D eigenvalue weighted by atomic mass is 10.1. The Labute approximate surface area is 155 Å². The summed E-state index contributed by atoms with van der Waals surface area (Å²) in [6.45, 7) is 1.35. The Morgan fingerprint density at radius 1 is 1.12 bits per heavy atom. The fraction of sp³-hybridized carbons (Fsp3) is 0.235. The average Bonchev–Trinajstić information content (AvgIpc) is 2.56. The maximum Gasteiger partial charge on any atom is 0.322 e. The molecule has 1 atom stereocenters. The first-order valence-corrected chi connectivity index (χ1v) is 8.54. The summed E-state index contributed by atoms with van der Waals surface area (Å²) in [7, 11) is 0. The number of rotatable bonds is 2. The van der Waals surface area contributed by atoms with Gasteiger partial charge in [-0.15, -0.1) is 0 Å². The first-order valence-electron chi connectivity index (χ1n) is 7.41. The Morgan fingerprint density at radius 2 is 1.83 bits per heavy atom. The van der Waals surface area contributed by atoms with Crippen molar-refractivity contribution in [2.24, 2.45) is 0 Å². The Kier molecular flexibility index (Phi) is 5.51. The number of ether oxygens (including phenoxy) is 1. The summed E-state index contributed by atoms with van der Waals surface area (Å²) in [6, 6.07) is 12.2. The molecule has 7 heteroatoms. The van der Waals surface area contributed by atoms with Crippen molar-refractivity contribution in [3.63, 3.8) is 0 Å². The van der Waals surface area contributed by atoms with Crippen LogP contribution in [0.2, 0.25) is 15.1 Å². The van der Waals surface area contributed by atoms with Crippen LogP contribution in [0.3, 0.4) is 0 Å². The monoisotopic (exact) mass is 384 g/mol. The predicted molar refractivity (Wildman–Crippen MR) is 97.2 cm³/mol. The molecule has 1 aliphatic rings. The molecule has 2 amide bonds. The molecular formula is C17H15Cl3N2O2. The van der Waals surface area contributed by atoms with Gasteiger partial charge in [0.2, 0.25) is 0 Å². The van der Waals surface area contributed by atoms with Crippen molar-refractivity contribution in [2.75, 3.05) is 25.0 Å². The summed E-state index contributed by atoms with van der Waals surface area (Å²) in [5, 5.41) is 4.40. The Balaban J connectivity index is 1.71. The lowest BCUT2D eigenvalue weighted by Gasteiger charge is -2.33. The molecule has 1 heterocycles. The van der Waals surface area contributed by atoms with E-state index in [0.29, 0.717) is 40.5 Å². The van der Waals surface area contributed by atoms with Crippen molar-refractivity contribution >= 4 is 46.5 Å². The summed E-state index contributed by atoms with van der Waals surface area (Å²) in [5.74, 6) is 0. The molecule has 0 bridgehead atoms. The molecule has 0 unspecified atom stereocenters. The lowest BCUT2D eigenvalue weighted by Crippen LogP contribution is -2.44. The summed E-state index contributed by atoms with van der Waals surface area (Å²) in [4.78, 5) is 14.2. The van der Waals surface area contributed by atoms with Gasteiger partial charge in [-0.05, 0) is 35.9 Å². The van der Waals surface area contributed by atoms with Crippen LogP contribution < -0.4 is 5.32 Å². The van der Waals surface area contributed by atoms with E-state index in [-0.39, 0.29) is 12.1 Å². The Hall–Kier alpha value is -1.46. The molecule has 2 aromatic rings. The van der Waals surface area contributed by atoms with Crippen molar-refractivity contribution in [1.82, 2.24) is 4.90 Å². The van der Waals surface area contributed by atoms with Gasteiger partial charge in [0.1, 0.15) is 6.10 Å². The Morgan fingerprint density at radius 3 is 2.54 bits per heavy atom. The third kappa shape index (κ3) is 4.14. The number of urea groups is 1. The number of amides is 2. The van der Waals surface area contributed by atoms with E-state index in [4.69, 9.17) is 39.5 Å². The largest absolute Gasteiger partial charge is 0.370 e. The van der Waals surface area contributed by atoms with Crippen molar-refractivity contribution in [1.29, 1.82) is 0 Å². The number of nitrogens with zero attached hydrogens (tertiary/aromatic N) is 1. The molecule has 0 aromatic heterocycles. The first-order chi connectivity index (χ1) is 11.5. The number of para-hydroxylation sites is 1. The van der Waals surface area contributed by atoms with Crippen molar-refractivity contribution < 1.29 is 9.53 Å². The fourth-order valence-corrected chi connectivity index (χ4v) is 3.28. The normalized spacial score (nSPS) is 17.6. The van der Waals surface area contributed by atoms with Crippen LogP contribution in [-0.2, 0) is 4.74 Å². The molecule has 1 saturated heterocycles. The van der Waals surface area contributed by atoms with Crippen molar-refractivity contribution in [3.8, 4) is 0 Å². The topological polar surface area (TPSA) is 41.6 Å². The molecule has 4 nitrogen and oxygen atoms in total. The van der Waals surface area contributed by atoms with Crippen LogP contribution in [-0.4, -0.2) is 30.6 Å². The van der Waals surface area contributed by atoms with Crippen LogP contribution in [0.25, 0.3) is 0 Å². The molecule has 0 spiro atoms. The highest BCUT2D eigenvalue weighted by Crippen LogP contribution is 2.28. The third-order valence-corrected chi connectivity index (χ3v) is 4.49. The third-order valence-electron chi connectivity index (χ3n) is 3.73. The minimum absolute atomic E-state index is 0.218. The first kappa shape index (κ1) is 17.4. The molecule has 1 aliphatic heterocycles. The van der Waals surface area contributed by atoms with Crippen molar-refractivity contribution in [3.05, 3.63) is 63.1 Å². The average molecular weight is 386 g/mol. The highest BCUT2D eigenvalue weighted by Gasteiger charge is 2.26. The van der Waals surface area contributed by atoms with Gasteiger partial charge in [-0.2, -0.15) is 0 Å². The molecule has 1 N–H and O–H groups in total. The minimum atomic E-state index is -0.271. The molecular weight excluding hydrogens is 371 g/mol. The van der Waals surface area contributed by atoms with E-state index in [9.17, 15) is 4.79 Å². The van der Waals surface area contributed by atoms with Gasteiger partial charge in [0.25, 0.3) is 0 Å². The molecule has 0 radical (unpaired) electrons. The predicted octanol–water partition coefficient (Wildman–Crippen LogP) is 5.25. The summed E-state index contributed by atoms with van der Waals surface area (Å²) < 4.78 is 5.76. The van der Waals surface area contributed by atoms with E-state index in [1.54, 1.807) is 35.2 Å². The van der Waals surface area contributed by atoms with Gasteiger partial charge in [-0.1, -0.05) is 46.9 Å². The van der Waals surface area contributed by atoms with Gasteiger partial charge < -0.3 is 15.0 Å². The number of benzene rings is 2. The second-order valence-corrected chi connectivity index (χ2v) is 6.70. The number of nitrogens with one attached hydrogen (secondary N) is 1. The van der Waals surface area contributed by atoms with Crippen LogP contribution in [0.15, 0.2) is 42.5 Å². The number of carbonyl (C=O) groups excluding carboxylic acids is 1. The quantitative estimate of drug-likeness (QED) is 0.767. The number of hydrogen-bond donors (Lipinski definition) is 1. The van der Waals surface area contributed by atoms with E-state index < -0.39 is 0 Å². The van der Waals surface area contributed by atoms with Gasteiger partial charge in [0.15, 0.2) is 0 Å². The molecule has 126 valence electrons. The highest BCUT2D eigenvalue weighted by molar-refractivity contribution is 6.34. The standard InChI is InChI=1S/C17H15Cl3N2O2/c18-12-7-11(8-13(19)9-12)16-10-22(5-6-24-16)17(23)21-15-4-2-1-3-14(15)20/h1-4,7-9,16H,5-6,10H2,(H,21,23)/t16-/m0/s1. The molecule has 2 aromatic carbocycles. The highest BCUT2D eigenvalue weighted by atomic mass is 35.5. The van der Waals surface area contributed by atoms with Crippen LogP contribution in [0.5, 0.6) is 0 Å². The zero-order valence-corrected chi connectivity index (χ0v) is 14.9. The summed E-state index contributed by atoms with van der Waals surface area (Å²) >= 11 is 18.2. The van der Waals surface area contributed by atoms with Gasteiger partial charge in [-0.25, -0.2) is 4.79 Å². The van der Waals surface area contributed by atoms with E-state index in [1.807, 2.05) is 12.1 Å². The second-order valence-electron chi connectivity index (χ2n) is 5.42. The molecule has 0 saturated carbocycles. The molecule has 24 heavy (non-hydrogen) atoms. The van der Waals surface area contributed by atoms with Crippen molar-refractivity contribution in [2.45, 2.75) is 6.10 Å². The zero-order chi connectivity index (χ0) is 17.1. The lowest BCUT2D eigenvalue weighted by molar-refractivity contribution is -0.0134. The maximum absolute atomic E-state index is 12.5. The van der Waals surface area contributed by atoms with Crippen LogP contribution in [0, 0.1) is 0 Å². The fourth-order valence-electron chi connectivity index (χ4n) is 2.55. The van der Waals surface area contributed by atoms with E-state index >= 15 is 0 Å². The number of hydrogen-bond acceptors (Lipinski definition) is 2. The van der Waals surface area contributed by atoms with Crippen LogP contribution in [0.1, 0.15) is 11.7 Å². The molecule has 3 rings (SSSR count). The minimum Gasteiger partial charge on any atom is -0.370 e. The van der Waals surface area contributed by atoms with E-state index in [0.717, 1.165) is 5.56 Å². The summed E-state index contributed by atoms with van der Waals surface area (Å²) in [6.07, 6.45) is -0.271.